The van der Waals surface area contributed by atoms with Gasteiger partial charge < -0.3 is 4.74 Å². The van der Waals surface area contributed by atoms with Crippen molar-refractivity contribution in [3.8, 4) is 28.1 Å². The van der Waals surface area contributed by atoms with Gasteiger partial charge in [0, 0.05) is 21.5 Å². The Balaban J connectivity index is 0.00000168. The van der Waals surface area contributed by atoms with E-state index in [9.17, 15) is 0 Å². The summed E-state index contributed by atoms with van der Waals surface area (Å²) in [5, 5.41) is 1.77. The Morgan fingerprint density at radius 2 is 1.65 bits per heavy atom. The van der Waals surface area contributed by atoms with Crippen molar-refractivity contribution in [1.29, 1.82) is 0 Å². The summed E-state index contributed by atoms with van der Waals surface area (Å²) in [6, 6.07) is 24.3. The molecule has 0 aliphatic carbocycles. The third-order valence-electron chi connectivity index (χ3n) is 4.62. The van der Waals surface area contributed by atoms with Crippen LogP contribution in [0.25, 0.3) is 33.3 Å². The maximum absolute atomic E-state index is 6.28. The van der Waals surface area contributed by atoms with Gasteiger partial charge in [0.1, 0.15) is 12.4 Å². The Kier molecular flexibility index (Phi) is 4.31. The summed E-state index contributed by atoms with van der Waals surface area (Å²) in [6.45, 7) is 0.506. The zero-order valence-electron chi connectivity index (χ0n) is 13.8. The van der Waals surface area contributed by atoms with E-state index in [4.69, 9.17) is 21.3 Å². The molecule has 2 nitrogen and oxygen atoms in total. The van der Waals surface area contributed by atoms with Crippen LogP contribution in [0, 0.1) is 0 Å². The maximum Gasteiger partial charge on any atom is 0.129 e. The van der Waals surface area contributed by atoms with Crippen molar-refractivity contribution in [2.24, 2.45) is 0 Å². The van der Waals surface area contributed by atoms with E-state index in [-0.39, 0.29) is 12.4 Å². The molecule has 128 valence electrons. The first-order valence-electron chi connectivity index (χ1n) is 8.21. The lowest BCUT2D eigenvalue weighted by molar-refractivity contribution is 0.302. The molecule has 0 N–H and O–H groups in total. The lowest BCUT2D eigenvalue weighted by atomic mass is 9.91. The molecule has 5 rings (SSSR count). The van der Waals surface area contributed by atoms with Crippen molar-refractivity contribution in [2.75, 3.05) is 0 Å². The van der Waals surface area contributed by atoms with Crippen LogP contribution in [0.2, 0.25) is 5.02 Å². The number of ether oxygens (including phenoxy) is 1. The Labute approximate surface area is 162 Å². The highest BCUT2D eigenvalue weighted by Gasteiger charge is 2.24. The van der Waals surface area contributed by atoms with E-state index in [1.54, 1.807) is 0 Å². The quantitative estimate of drug-likeness (QED) is 0.374. The van der Waals surface area contributed by atoms with Crippen molar-refractivity contribution < 1.29 is 4.74 Å². The lowest BCUT2D eigenvalue weighted by Gasteiger charge is -2.24. The molecule has 0 radical (unpaired) electrons. The van der Waals surface area contributed by atoms with Gasteiger partial charge >= 0.3 is 0 Å². The maximum atomic E-state index is 6.28. The van der Waals surface area contributed by atoms with Crippen LogP contribution in [0.3, 0.4) is 0 Å². The molecule has 26 heavy (non-hydrogen) atoms. The first kappa shape index (κ1) is 16.9. The summed E-state index contributed by atoms with van der Waals surface area (Å²) in [5.41, 5.74) is 6.39. The van der Waals surface area contributed by atoms with E-state index < -0.39 is 0 Å². The molecule has 0 saturated heterocycles. The standard InChI is InChI=1S/C22H14ClNO.ClH/c23-15-10-11-19-17(12-15)21(14-6-2-1-3-7-14)18-13-25-20-9-5-4-8-16(20)22(18)24-19;/h1-12H,13H2;1H. The van der Waals surface area contributed by atoms with Gasteiger partial charge in [-0.2, -0.15) is 0 Å². The number of fused-ring (bicyclic) bond motifs is 4. The summed E-state index contributed by atoms with van der Waals surface area (Å²) in [6.07, 6.45) is 0. The fourth-order valence-corrected chi connectivity index (χ4v) is 3.68. The molecule has 2 heterocycles. The van der Waals surface area contributed by atoms with Crippen molar-refractivity contribution >= 4 is 34.9 Å². The minimum Gasteiger partial charge on any atom is -0.488 e. The van der Waals surface area contributed by atoms with Crippen LogP contribution >= 0.6 is 24.0 Å². The monoisotopic (exact) mass is 379 g/mol. The van der Waals surface area contributed by atoms with E-state index in [1.807, 2.05) is 42.5 Å². The highest BCUT2D eigenvalue weighted by molar-refractivity contribution is 6.31. The van der Waals surface area contributed by atoms with Gasteiger partial charge in [0.15, 0.2) is 0 Å². The highest BCUT2D eigenvalue weighted by atomic mass is 35.5. The van der Waals surface area contributed by atoms with Crippen molar-refractivity contribution in [2.45, 2.75) is 6.61 Å². The van der Waals surface area contributed by atoms with Crippen LogP contribution in [-0.4, -0.2) is 4.98 Å². The average molecular weight is 380 g/mol. The Morgan fingerprint density at radius 3 is 2.50 bits per heavy atom. The first-order chi connectivity index (χ1) is 12.3. The van der Waals surface area contributed by atoms with Gasteiger partial charge in [-0.3, -0.25) is 0 Å². The molecule has 0 fully saturated rings. The predicted octanol–water partition coefficient (Wildman–Crippen LogP) is 6.54. The van der Waals surface area contributed by atoms with Gasteiger partial charge in [0.2, 0.25) is 0 Å². The minimum atomic E-state index is 0. The fraction of sp³-hybridized carbons (Fsp3) is 0.0455. The number of aromatic nitrogens is 1. The Bertz CT molecular complexity index is 1110. The molecule has 1 aliphatic heterocycles. The van der Waals surface area contributed by atoms with Gasteiger partial charge in [-0.1, -0.05) is 54.1 Å². The van der Waals surface area contributed by atoms with Crippen LogP contribution < -0.4 is 4.74 Å². The molecule has 1 aromatic heterocycles. The van der Waals surface area contributed by atoms with Gasteiger partial charge in [-0.25, -0.2) is 4.98 Å². The fourth-order valence-electron chi connectivity index (χ4n) is 3.51. The number of nitrogens with zero attached hydrogens (tertiary/aromatic N) is 1. The van der Waals surface area contributed by atoms with Crippen molar-refractivity contribution in [3.05, 3.63) is 83.4 Å². The number of hydrogen-bond acceptors (Lipinski definition) is 2. The molecule has 4 heteroatoms. The molecule has 1 aliphatic rings. The van der Waals surface area contributed by atoms with Gasteiger partial charge in [0.05, 0.1) is 11.2 Å². The van der Waals surface area contributed by atoms with Gasteiger partial charge in [-0.15, -0.1) is 12.4 Å². The summed E-state index contributed by atoms with van der Waals surface area (Å²) in [4.78, 5) is 4.95. The van der Waals surface area contributed by atoms with Crippen LogP contribution in [0.4, 0.5) is 0 Å². The topological polar surface area (TPSA) is 22.1 Å². The van der Waals surface area contributed by atoms with E-state index in [1.165, 1.54) is 0 Å². The zero-order chi connectivity index (χ0) is 16.8. The second-order valence-corrected chi connectivity index (χ2v) is 6.56. The third kappa shape index (κ3) is 2.63. The molecule has 0 saturated carbocycles. The number of halogens is 2. The van der Waals surface area contributed by atoms with E-state index >= 15 is 0 Å². The Morgan fingerprint density at radius 1 is 0.885 bits per heavy atom. The van der Waals surface area contributed by atoms with Crippen molar-refractivity contribution in [1.82, 2.24) is 4.98 Å². The van der Waals surface area contributed by atoms with Gasteiger partial charge in [0.25, 0.3) is 0 Å². The smallest absolute Gasteiger partial charge is 0.129 e. The number of para-hydroxylation sites is 1. The Hall–Kier alpha value is -2.55. The molecule has 0 bridgehead atoms. The predicted molar refractivity (Wildman–Crippen MR) is 109 cm³/mol. The van der Waals surface area contributed by atoms with Crippen molar-refractivity contribution in [3.63, 3.8) is 0 Å². The molecule has 0 spiro atoms. The zero-order valence-corrected chi connectivity index (χ0v) is 15.3. The second kappa shape index (κ2) is 6.64. The summed E-state index contributed by atoms with van der Waals surface area (Å²) >= 11 is 6.28. The average Bonchev–Trinajstić information content (AvgIpc) is 2.67. The van der Waals surface area contributed by atoms with Crippen LogP contribution in [0.15, 0.2) is 72.8 Å². The third-order valence-corrected chi connectivity index (χ3v) is 4.86. The van der Waals surface area contributed by atoms with E-state index in [0.29, 0.717) is 11.6 Å². The molecule has 0 unspecified atom stereocenters. The summed E-state index contributed by atoms with van der Waals surface area (Å²) < 4.78 is 6.02. The summed E-state index contributed by atoms with van der Waals surface area (Å²) in [5.74, 6) is 0.884. The molecule has 4 aromatic rings. The van der Waals surface area contributed by atoms with E-state index in [0.717, 1.165) is 44.6 Å². The first-order valence-corrected chi connectivity index (χ1v) is 8.59. The molecular weight excluding hydrogens is 365 g/mol. The van der Waals surface area contributed by atoms with Gasteiger partial charge in [-0.05, 0) is 41.5 Å². The SMILES string of the molecule is Cl.Clc1ccc2nc3c(c(-c4ccccc4)c2c1)COc1ccccc1-3. The highest BCUT2D eigenvalue weighted by Crippen LogP contribution is 2.43. The van der Waals surface area contributed by atoms with Crippen LogP contribution in [-0.2, 0) is 6.61 Å². The number of rotatable bonds is 1. The molecule has 0 amide bonds. The molecule has 3 aromatic carbocycles. The molecular formula is C22H15Cl2NO. The number of pyridine rings is 1. The number of benzene rings is 3. The summed E-state index contributed by atoms with van der Waals surface area (Å²) in [7, 11) is 0. The van der Waals surface area contributed by atoms with Crippen LogP contribution in [0.1, 0.15) is 5.56 Å². The van der Waals surface area contributed by atoms with Crippen LogP contribution in [0.5, 0.6) is 5.75 Å². The number of hydrogen-bond donors (Lipinski definition) is 0. The molecule has 0 atom stereocenters. The minimum absolute atomic E-state index is 0. The second-order valence-electron chi connectivity index (χ2n) is 6.13. The lowest BCUT2D eigenvalue weighted by Crippen LogP contribution is -2.09. The normalized spacial score (nSPS) is 11.9. The largest absolute Gasteiger partial charge is 0.488 e. The van der Waals surface area contributed by atoms with E-state index in [2.05, 4.69) is 30.3 Å².